The van der Waals surface area contributed by atoms with Gasteiger partial charge in [0.15, 0.2) is 0 Å². The predicted octanol–water partition coefficient (Wildman–Crippen LogP) is 0.0172. The molecule has 0 aliphatic heterocycles. The van der Waals surface area contributed by atoms with Gasteiger partial charge in [0.1, 0.15) is 5.54 Å². The van der Waals surface area contributed by atoms with Crippen molar-refractivity contribution in [1.82, 2.24) is 15.5 Å². The van der Waals surface area contributed by atoms with E-state index >= 15 is 0 Å². The number of carboxylic acids is 1. The first kappa shape index (κ1) is 16.4. The molecule has 0 radical (unpaired) electrons. The molecule has 3 N–H and O–H groups in total. The molecule has 18 heavy (non-hydrogen) atoms. The van der Waals surface area contributed by atoms with Crippen LogP contribution in [-0.2, 0) is 9.59 Å². The Kier molecular flexibility index (Phi) is 6.32. The van der Waals surface area contributed by atoms with Gasteiger partial charge in [0.25, 0.3) is 0 Å². The summed E-state index contributed by atoms with van der Waals surface area (Å²) in [6.45, 7) is 5.76. The van der Waals surface area contributed by atoms with Gasteiger partial charge in [-0.15, -0.1) is 0 Å². The summed E-state index contributed by atoms with van der Waals surface area (Å²) >= 11 is 0. The number of nitrogens with one attached hydrogen (secondary N) is 2. The molecule has 0 aromatic rings. The average molecular weight is 259 g/mol. The minimum Gasteiger partial charge on any atom is -0.480 e. The number of hydrogen-bond donors (Lipinski definition) is 3. The average Bonchev–Trinajstić information content (AvgIpc) is 2.28. The molecule has 0 heterocycles. The number of carboxylic acid groups (broad SMARTS) is 1. The van der Waals surface area contributed by atoms with Crippen molar-refractivity contribution in [2.75, 3.05) is 20.1 Å². The van der Waals surface area contributed by atoms with Crippen LogP contribution in [0.2, 0.25) is 0 Å². The molecule has 0 spiro atoms. The van der Waals surface area contributed by atoms with E-state index < -0.39 is 23.4 Å². The summed E-state index contributed by atoms with van der Waals surface area (Å²) in [5.74, 6) is -1.38. The Hall–Kier alpha value is -1.63. The van der Waals surface area contributed by atoms with Crippen LogP contribution in [-0.4, -0.2) is 53.6 Å². The van der Waals surface area contributed by atoms with Crippen LogP contribution in [0.15, 0.2) is 0 Å². The monoisotopic (exact) mass is 259 g/mol. The molecule has 0 atom stereocenters. The van der Waals surface area contributed by atoms with Crippen LogP contribution in [0, 0.1) is 0 Å². The van der Waals surface area contributed by atoms with E-state index in [1.54, 1.807) is 18.7 Å². The molecular formula is C11H21N3O4. The Morgan fingerprint density at radius 2 is 1.83 bits per heavy atom. The summed E-state index contributed by atoms with van der Waals surface area (Å²) in [4.78, 5) is 35.0. The highest BCUT2D eigenvalue weighted by Crippen LogP contribution is 2.14. The molecule has 0 saturated heterocycles. The normalized spacial score (nSPS) is 11.2. The number of urea groups is 1. The number of likely N-dealkylation sites (N-methyl/N-ethyl adjacent to an activating group) is 1. The molecule has 0 bridgehead atoms. The first-order valence-electron chi connectivity index (χ1n) is 5.75. The van der Waals surface area contributed by atoms with Gasteiger partial charge in [-0.05, 0) is 20.4 Å². The molecule has 0 aliphatic carbocycles. The molecular weight excluding hydrogens is 238 g/mol. The van der Waals surface area contributed by atoms with Crippen molar-refractivity contribution in [3.05, 3.63) is 0 Å². The van der Waals surface area contributed by atoms with E-state index in [0.717, 1.165) is 0 Å². The van der Waals surface area contributed by atoms with Crippen LogP contribution in [0.1, 0.15) is 27.2 Å². The minimum absolute atomic E-state index is 0.0674. The number of nitrogens with zero attached hydrogens (tertiary/aromatic N) is 1. The second-order valence-corrected chi connectivity index (χ2v) is 4.32. The highest BCUT2D eigenvalue weighted by atomic mass is 16.4. The van der Waals surface area contributed by atoms with E-state index in [1.165, 1.54) is 7.05 Å². The topological polar surface area (TPSA) is 98.7 Å². The summed E-state index contributed by atoms with van der Waals surface area (Å²) in [5, 5.41) is 13.5. The molecule has 0 rings (SSSR count). The third-order valence-corrected chi connectivity index (χ3v) is 2.78. The van der Waals surface area contributed by atoms with Crippen molar-refractivity contribution < 1.29 is 19.5 Å². The standard InChI is InChI=1S/C11H21N3O4/c1-5-14(11(2,3)9(16)17)7-6-8(15)13-10(18)12-4/h5-7H2,1-4H3,(H,16,17)(H2,12,13,15,18). The van der Waals surface area contributed by atoms with Crippen molar-refractivity contribution in [1.29, 1.82) is 0 Å². The lowest BCUT2D eigenvalue weighted by atomic mass is 10.0. The largest absolute Gasteiger partial charge is 0.480 e. The van der Waals surface area contributed by atoms with Gasteiger partial charge in [-0.2, -0.15) is 0 Å². The molecule has 0 aromatic heterocycles. The molecule has 0 fully saturated rings. The second kappa shape index (κ2) is 6.95. The Bertz CT molecular complexity index is 328. The third-order valence-electron chi connectivity index (χ3n) is 2.78. The molecule has 104 valence electrons. The minimum atomic E-state index is -1.04. The van der Waals surface area contributed by atoms with Crippen LogP contribution in [0.4, 0.5) is 4.79 Å². The van der Waals surface area contributed by atoms with E-state index in [-0.39, 0.29) is 13.0 Å². The zero-order valence-corrected chi connectivity index (χ0v) is 11.2. The lowest BCUT2D eigenvalue weighted by Gasteiger charge is -2.33. The molecule has 0 unspecified atom stereocenters. The van der Waals surface area contributed by atoms with Crippen LogP contribution in [0.25, 0.3) is 0 Å². The predicted molar refractivity (Wildman–Crippen MR) is 66.2 cm³/mol. The van der Waals surface area contributed by atoms with Gasteiger partial charge in [0, 0.05) is 20.0 Å². The van der Waals surface area contributed by atoms with Gasteiger partial charge >= 0.3 is 12.0 Å². The van der Waals surface area contributed by atoms with E-state index in [4.69, 9.17) is 5.11 Å². The summed E-state index contributed by atoms with van der Waals surface area (Å²) < 4.78 is 0. The van der Waals surface area contributed by atoms with Crippen LogP contribution in [0.3, 0.4) is 0 Å². The van der Waals surface area contributed by atoms with E-state index in [2.05, 4.69) is 10.6 Å². The van der Waals surface area contributed by atoms with Crippen LogP contribution < -0.4 is 10.6 Å². The lowest BCUT2D eigenvalue weighted by molar-refractivity contribution is -0.149. The molecule has 0 aliphatic rings. The number of carbonyl (C=O) groups is 3. The maximum absolute atomic E-state index is 11.4. The maximum Gasteiger partial charge on any atom is 0.323 e. The smallest absolute Gasteiger partial charge is 0.323 e. The van der Waals surface area contributed by atoms with E-state index in [9.17, 15) is 14.4 Å². The molecule has 0 saturated carbocycles. The first-order chi connectivity index (χ1) is 8.25. The molecule has 7 heteroatoms. The Labute approximate surface area is 107 Å². The number of aliphatic carboxylic acids is 1. The van der Waals surface area contributed by atoms with Crippen molar-refractivity contribution in [3.8, 4) is 0 Å². The van der Waals surface area contributed by atoms with Crippen molar-refractivity contribution in [3.63, 3.8) is 0 Å². The number of amides is 3. The molecule has 3 amide bonds. The molecule has 0 aromatic carbocycles. The maximum atomic E-state index is 11.4. The second-order valence-electron chi connectivity index (χ2n) is 4.32. The van der Waals surface area contributed by atoms with Crippen molar-refractivity contribution in [2.45, 2.75) is 32.7 Å². The van der Waals surface area contributed by atoms with Gasteiger partial charge in [-0.3, -0.25) is 19.8 Å². The zero-order chi connectivity index (χ0) is 14.3. The van der Waals surface area contributed by atoms with Crippen molar-refractivity contribution in [2.24, 2.45) is 0 Å². The Balaban J connectivity index is 4.36. The van der Waals surface area contributed by atoms with Gasteiger partial charge in [0.2, 0.25) is 5.91 Å². The van der Waals surface area contributed by atoms with Crippen LogP contribution >= 0.6 is 0 Å². The first-order valence-corrected chi connectivity index (χ1v) is 5.75. The van der Waals surface area contributed by atoms with Gasteiger partial charge in [-0.1, -0.05) is 6.92 Å². The number of carbonyl (C=O) groups excluding carboxylic acids is 2. The van der Waals surface area contributed by atoms with E-state index in [0.29, 0.717) is 6.54 Å². The highest BCUT2D eigenvalue weighted by molar-refractivity contribution is 5.94. The van der Waals surface area contributed by atoms with E-state index in [1.807, 2.05) is 6.92 Å². The van der Waals surface area contributed by atoms with Gasteiger partial charge in [-0.25, -0.2) is 4.79 Å². The lowest BCUT2D eigenvalue weighted by Crippen LogP contribution is -2.51. The fraction of sp³-hybridized carbons (Fsp3) is 0.727. The highest BCUT2D eigenvalue weighted by Gasteiger charge is 2.33. The van der Waals surface area contributed by atoms with Gasteiger partial charge < -0.3 is 10.4 Å². The number of imide groups is 1. The molecule has 7 nitrogen and oxygen atoms in total. The van der Waals surface area contributed by atoms with Crippen LogP contribution in [0.5, 0.6) is 0 Å². The van der Waals surface area contributed by atoms with Crippen molar-refractivity contribution >= 4 is 17.9 Å². The summed E-state index contributed by atoms with van der Waals surface area (Å²) in [5.41, 5.74) is -1.04. The fourth-order valence-electron chi connectivity index (χ4n) is 1.46. The fourth-order valence-corrected chi connectivity index (χ4v) is 1.46. The zero-order valence-electron chi connectivity index (χ0n) is 11.2. The quantitative estimate of drug-likeness (QED) is 0.624. The Morgan fingerprint density at radius 1 is 1.28 bits per heavy atom. The summed E-state index contributed by atoms with van der Waals surface area (Å²) in [6.07, 6.45) is 0.0674. The van der Waals surface area contributed by atoms with Gasteiger partial charge in [0.05, 0.1) is 0 Å². The number of hydrogen-bond acceptors (Lipinski definition) is 4. The third kappa shape index (κ3) is 4.70. The summed E-state index contributed by atoms with van der Waals surface area (Å²) in [6, 6.07) is -0.569. The summed E-state index contributed by atoms with van der Waals surface area (Å²) in [7, 11) is 1.41. The SMILES string of the molecule is CCN(CCC(=O)NC(=O)NC)C(C)(C)C(=O)O. The Morgan fingerprint density at radius 3 is 2.22 bits per heavy atom. The number of rotatable bonds is 6.